The Kier molecular flexibility index (Phi) is 0.900. The number of aromatic nitrogens is 1. The van der Waals surface area contributed by atoms with E-state index in [1.54, 1.807) is 6.92 Å². The maximum absolute atomic E-state index is 11.3. The Hall–Kier alpha value is -0.680. The van der Waals surface area contributed by atoms with Gasteiger partial charge in [0, 0.05) is 0 Å². The number of hydrogen-bond acceptors (Lipinski definition) is 3. The summed E-state index contributed by atoms with van der Waals surface area (Å²) in [4.78, 5) is 0.660. The highest BCUT2D eigenvalue weighted by Gasteiger charge is 2.35. The Bertz CT molecular complexity index is 317. The first kappa shape index (κ1) is 6.06. The third-order valence-corrected chi connectivity index (χ3v) is 3.76. The molecule has 1 aromatic rings. The maximum atomic E-state index is 11.3. The van der Waals surface area contributed by atoms with Gasteiger partial charge in [-0.3, -0.25) is 9.35 Å². The number of nitrogens with zero attached hydrogens (tertiary/aromatic N) is 1. The predicted molar refractivity (Wildman–Crippen MR) is 36.9 cm³/mol. The van der Waals surface area contributed by atoms with Gasteiger partial charge in [-0.1, -0.05) is 5.16 Å². The van der Waals surface area contributed by atoms with E-state index in [0.717, 1.165) is 5.69 Å². The molecule has 2 N–H and O–H groups in total. The van der Waals surface area contributed by atoms with Crippen molar-refractivity contribution in [3.63, 3.8) is 0 Å². The van der Waals surface area contributed by atoms with Crippen LogP contribution < -0.4 is 5.14 Å². The molecule has 1 aliphatic heterocycles. The van der Waals surface area contributed by atoms with Gasteiger partial charge in [0.1, 0.15) is 11.5 Å². The van der Waals surface area contributed by atoms with Crippen molar-refractivity contribution in [1.29, 1.82) is 0 Å². The van der Waals surface area contributed by atoms with Crippen molar-refractivity contribution in [1.82, 2.24) is 5.16 Å². The Balaban J connectivity index is 2.69. The minimum absolute atomic E-state index is 0.402. The molecule has 0 spiro atoms. The maximum Gasteiger partial charge on any atom is 0.149 e. The Morgan fingerprint density at radius 2 is 2.50 bits per heavy atom. The monoisotopic (exact) mass is 160 g/mol. The summed E-state index contributed by atoms with van der Waals surface area (Å²) in [6.07, 6.45) is 0. The summed E-state index contributed by atoms with van der Waals surface area (Å²) in [5.74, 6) is 1.01. The molecule has 2 heterocycles. The summed E-state index contributed by atoms with van der Waals surface area (Å²) < 4.78 is 16.0. The van der Waals surface area contributed by atoms with E-state index in [0.29, 0.717) is 16.4 Å². The van der Waals surface area contributed by atoms with E-state index in [-0.39, 0.29) is 0 Å². The van der Waals surface area contributed by atoms with Crippen LogP contribution in [0.2, 0.25) is 0 Å². The molecule has 5 heteroatoms. The summed E-state index contributed by atoms with van der Waals surface area (Å²) in [7, 11) is -2.50. The Labute approximate surface area is 58.9 Å². The van der Waals surface area contributed by atoms with Crippen molar-refractivity contribution < 1.29 is 8.73 Å². The smallest absolute Gasteiger partial charge is 0.149 e. The molecule has 0 atom stereocenters. The van der Waals surface area contributed by atoms with E-state index in [1.165, 1.54) is 0 Å². The second kappa shape index (κ2) is 1.49. The lowest BCUT2D eigenvalue weighted by atomic mass is 10.4. The van der Waals surface area contributed by atoms with Gasteiger partial charge in [-0.25, -0.2) is 0 Å². The summed E-state index contributed by atoms with van der Waals surface area (Å²) in [5, 5.41) is 9.10. The molecule has 10 heavy (non-hydrogen) atoms. The fourth-order valence-electron chi connectivity index (χ4n) is 1.21. The van der Waals surface area contributed by atoms with Crippen molar-refractivity contribution in [2.75, 3.05) is 0 Å². The summed E-state index contributed by atoms with van der Waals surface area (Å²) >= 11 is 0. The topological polar surface area (TPSA) is 69.1 Å². The molecule has 4 nitrogen and oxygen atoms in total. The normalized spacial score (nSPS) is 23.0. The third-order valence-electron chi connectivity index (χ3n) is 1.66. The minimum atomic E-state index is -2.50. The highest BCUT2D eigenvalue weighted by molar-refractivity contribution is 8.01. The molecule has 0 radical (unpaired) electrons. The number of fused-ring (bicyclic) bond motifs is 1. The van der Waals surface area contributed by atoms with Crippen molar-refractivity contribution >= 4 is 10.1 Å². The van der Waals surface area contributed by atoms with Gasteiger partial charge in [-0.15, -0.1) is 0 Å². The minimum Gasteiger partial charge on any atom is -0.360 e. The highest BCUT2D eigenvalue weighted by Crippen LogP contribution is 2.35. The Morgan fingerprint density at radius 3 is 2.90 bits per heavy atom. The molecule has 0 saturated carbocycles. The average molecular weight is 160 g/mol. The van der Waals surface area contributed by atoms with Crippen LogP contribution in [0.4, 0.5) is 0 Å². The van der Waals surface area contributed by atoms with Crippen molar-refractivity contribution in [3.8, 4) is 0 Å². The molecule has 56 valence electrons. The van der Waals surface area contributed by atoms with Crippen LogP contribution in [0.1, 0.15) is 11.5 Å². The predicted octanol–water partition coefficient (Wildman–Crippen LogP) is -0.254. The van der Waals surface area contributed by atoms with E-state index < -0.39 is 10.1 Å². The van der Waals surface area contributed by atoms with Crippen LogP contribution in [0.3, 0.4) is 0 Å². The second-order valence-electron chi connectivity index (χ2n) is 2.49. The second-order valence-corrected chi connectivity index (χ2v) is 4.84. The van der Waals surface area contributed by atoms with Crippen molar-refractivity contribution in [2.24, 2.45) is 5.14 Å². The zero-order valence-electron chi connectivity index (χ0n) is 5.50. The molecule has 1 aliphatic rings. The molecule has 0 saturated heterocycles. The zero-order valence-corrected chi connectivity index (χ0v) is 6.39. The standard InChI is InChI=1S/C5H8N2O2S/c1-3-5-4(7-9-3)2-10(5,6)8/h10H,2H2,1H3,(H2,6,8). The quantitative estimate of drug-likeness (QED) is 0.514. The first-order chi connectivity index (χ1) is 4.61. The molecule has 1 aromatic heterocycles. The molecule has 0 amide bonds. The lowest BCUT2D eigenvalue weighted by Gasteiger charge is -2.25. The first-order valence-electron chi connectivity index (χ1n) is 2.94. The SMILES string of the molecule is Cc1onc2c1[SH](N)(=O)C2. The van der Waals surface area contributed by atoms with Gasteiger partial charge in [0.25, 0.3) is 0 Å². The number of nitrogens with two attached hydrogens (primary N) is 1. The lowest BCUT2D eigenvalue weighted by molar-refractivity contribution is 0.391. The Morgan fingerprint density at radius 1 is 1.80 bits per heavy atom. The average Bonchev–Trinajstić information content (AvgIpc) is 2.06. The van der Waals surface area contributed by atoms with E-state index >= 15 is 0 Å². The molecule has 0 bridgehead atoms. The van der Waals surface area contributed by atoms with Gasteiger partial charge in [-0.05, 0) is 17.0 Å². The van der Waals surface area contributed by atoms with Crippen molar-refractivity contribution in [3.05, 3.63) is 11.5 Å². The number of aryl methyl sites for hydroxylation is 1. The lowest BCUT2D eigenvalue weighted by Crippen LogP contribution is -2.35. The third kappa shape index (κ3) is 0.538. The summed E-state index contributed by atoms with van der Waals surface area (Å²) in [5.41, 5.74) is 0.767. The van der Waals surface area contributed by atoms with E-state index in [1.807, 2.05) is 0 Å². The molecule has 2 rings (SSSR count). The van der Waals surface area contributed by atoms with Gasteiger partial charge in [0.15, 0.2) is 0 Å². The van der Waals surface area contributed by atoms with Crippen LogP contribution in [0, 0.1) is 6.92 Å². The van der Waals surface area contributed by atoms with Crippen LogP contribution in [-0.4, -0.2) is 9.37 Å². The van der Waals surface area contributed by atoms with Crippen LogP contribution in [-0.2, 0) is 15.9 Å². The van der Waals surface area contributed by atoms with Crippen LogP contribution in [0.15, 0.2) is 9.42 Å². The van der Waals surface area contributed by atoms with Gasteiger partial charge >= 0.3 is 0 Å². The summed E-state index contributed by atoms with van der Waals surface area (Å²) in [6, 6.07) is 0. The fourth-order valence-corrected chi connectivity index (χ4v) is 2.89. The summed E-state index contributed by atoms with van der Waals surface area (Å²) in [6.45, 7) is 1.73. The fraction of sp³-hybridized carbons (Fsp3) is 0.400. The van der Waals surface area contributed by atoms with Gasteiger partial charge in [-0.2, -0.15) is 0 Å². The highest BCUT2D eigenvalue weighted by atomic mass is 32.3. The largest absolute Gasteiger partial charge is 0.360 e. The van der Waals surface area contributed by atoms with Gasteiger partial charge in [0.05, 0.1) is 10.6 Å². The number of rotatable bonds is 0. The number of thiol groups is 1. The van der Waals surface area contributed by atoms with E-state index in [2.05, 4.69) is 5.16 Å². The zero-order chi connectivity index (χ0) is 7.35. The molecular weight excluding hydrogens is 152 g/mol. The van der Waals surface area contributed by atoms with Crippen LogP contribution >= 0.6 is 0 Å². The van der Waals surface area contributed by atoms with Crippen molar-refractivity contribution in [2.45, 2.75) is 17.6 Å². The molecule has 0 unspecified atom stereocenters. The molecule has 0 fully saturated rings. The van der Waals surface area contributed by atoms with Gasteiger partial charge < -0.3 is 4.52 Å². The van der Waals surface area contributed by atoms with Gasteiger partial charge in [0.2, 0.25) is 0 Å². The van der Waals surface area contributed by atoms with E-state index in [9.17, 15) is 4.21 Å². The molecule has 0 aliphatic carbocycles. The van der Waals surface area contributed by atoms with Crippen LogP contribution in [0.5, 0.6) is 0 Å². The van der Waals surface area contributed by atoms with E-state index in [4.69, 9.17) is 9.66 Å². The first-order valence-corrected chi connectivity index (χ1v) is 4.91. The van der Waals surface area contributed by atoms with Crippen LogP contribution in [0.25, 0.3) is 0 Å². The molecular formula is C5H8N2O2S. The number of hydrogen-bond donors (Lipinski definition) is 2. The molecule has 0 aromatic carbocycles.